The Morgan fingerprint density at radius 2 is 1.27 bits per heavy atom. The van der Waals surface area contributed by atoms with Crippen LogP contribution in [0.15, 0.2) is 10.3 Å². The molecule has 0 N–H and O–H groups in total. The van der Waals surface area contributed by atoms with E-state index in [4.69, 9.17) is 23.7 Å². The fourth-order valence-electron chi connectivity index (χ4n) is 0.236. The van der Waals surface area contributed by atoms with E-state index in [9.17, 15) is 0 Å². The van der Waals surface area contributed by atoms with Crippen LogP contribution in [0.2, 0.25) is 0 Å². The summed E-state index contributed by atoms with van der Waals surface area (Å²) in [5, 5.41) is 6.71. The molecular formula is C4H6Cl2CoN2O2+3. The number of hydrogen-bond donors (Lipinski definition) is 0. The number of oxime groups is 2. The van der Waals surface area contributed by atoms with Crippen molar-refractivity contribution in [3.63, 3.8) is 0 Å². The number of halogens is 2. The Morgan fingerprint density at radius 1 is 1.00 bits per heavy atom. The summed E-state index contributed by atoms with van der Waals surface area (Å²) in [6.07, 6.45) is 0. The molecule has 0 bridgehead atoms. The van der Waals surface area contributed by atoms with Gasteiger partial charge in [0.1, 0.15) is 11.4 Å². The van der Waals surface area contributed by atoms with Gasteiger partial charge in [-0.25, -0.2) is 0 Å². The Hall–Kier alpha value is 0.0265. The summed E-state index contributed by atoms with van der Waals surface area (Å²) in [5.74, 6) is 0. The Labute approximate surface area is 85.0 Å². The van der Waals surface area contributed by atoms with Crippen molar-refractivity contribution in [2.75, 3.05) is 0 Å². The van der Waals surface area contributed by atoms with Crippen LogP contribution in [-0.2, 0) is 25.6 Å². The molecule has 0 amide bonds. The third-order valence-electron chi connectivity index (χ3n) is 0.866. The van der Waals surface area contributed by atoms with E-state index in [2.05, 4.69) is 19.1 Å². The van der Waals surface area contributed by atoms with Crippen molar-refractivity contribution in [2.24, 2.45) is 10.3 Å². The van der Waals surface area contributed by atoms with Crippen LogP contribution in [-0.4, -0.2) is 11.4 Å². The van der Waals surface area contributed by atoms with Crippen molar-refractivity contribution in [2.45, 2.75) is 13.8 Å². The van der Waals surface area contributed by atoms with Crippen molar-refractivity contribution in [3.05, 3.63) is 0 Å². The second kappa shape index (κ2) is 8.13. The van der Waals surface area contributed by atoms with Gasteiger partial charge in [0.2, 0.25) is 0 Å². The molecule has 0 aliphatic heterocycles. The van der Waals surface area contributed by atoms with Gasteiger partial charge >= 0.3 is 16.8 Å². The van der Waals surface area contributed by atoms with Crippen LogP contribution < -0.4 is 0 Å². The maximum Gasteiger partial charge on any atom is 3.00 e. The van der Waals surface area contributed by atoms with Crippen LogP contribution in [0, 0.1) is 0 Å². The SMILES string of the molecule is CC(=NOCl)C(C)=NOCl.[Co+3]. The minimum absolute atomic E-state index is 0. The topological polar surface area (TPSA) is 43.2 Å². The van der Waals surface area contributed by atoms with Gasteiger partial charge in [-0.15, -0.1) is 0 Å². The summed E-state index contributed by atoms with van der Waals surface area (Å²) in [6.45, 7) is 3.30. The van der Waals surface area contributed by atoms with Gasteiger partial charge in [-0.3, -0.25) is 8.78 Å². The predicted octanol–water partition coefficient (Wildman–Crippen LogP) is 2.08. The molecule has 0 saturated heterocycles. The molecule has 0 saturated carbocycles. The van der Waals surface area contributed by atoms with Crippen LogP contribution >= 0.6 is 23.7 Å². The van der Waals surface area contributed by atoms with E-state index in [1.54, 1.807) is 13.8 Å². The zero-order chi connectivity index (χ0) is 7.98. The second-order valence-electron chi connectivity index (χ2n) is 1.49. The largest absolute Gasteiger partial charge is 3.00 e. The van der Waals surface area contributed by atoms with Gasteiger partial charge in [0, 0.05) is 0 Å². The van der Waals surface area contributed by atoms with Gasteiger partial charge in [0.15, 0.2) is 23.7 Å². The van der Waals surface area contributed by atoms with Gasteiger partial charge in [0.25, 0.3) is 0 Å². The number of hydrogen-bond acceptors (Lipinski definition) is 4. The van der Waals surface area contributed by atoms with E-state index >= 15 is 0 Å². The van der Waals surface area contributed by atoms with E-state index in [0.29, 0.717) is 11.4 Å². The van der Waals surface area contributed by atoms with Crippen LogP contribution in [0.4, 0.5) is 0 Å². The van der Waals surface area contributed by atoms with Crippen LogP contribution in [0.25, 0.3) is 0 Å². The summed E-state index contributed by atoms with van der Waals surface area (Å²) in [7, 11) is 0. The molecule has 64 valence electrons. The molecule has 0 unspecified atom stereocenters. The molecule has 0 aromatic rings. The zero-order valence-electron chi connectivity index (χ0n) is 5.80. The Balaban J connectivity index is 0. The average molecular weight is 244 g/mol. The standard InChI is InChI=1S/C4H6Cl2N2O2.Co/c1-3(7-9-5)4(2)8-10-6;/h1-2H3;/q;+3. The molecule has 0 fully saturated rings. The first kappa shape index (κ1) is 13.6. The maximum atomic E-state index is 4.82. The Bertz CT molecular complexity index is 144. The summed E-state index contributed by atoms with van der Waals surface area (Å²) in [6, 6.07) is 0. The summed E-state index contributed by atoms with van der Waals surface area (Å²) in [5.41, 5.74) is 0.992. The Kier molecular flexibility index (Phi) is 10.1. The van der Waals surface area contributed by atoms with E-state index in [1.165, 1.54) is 0 Å². The van der Waals surface area contributed by atoms with Crippen LogP contribution in [0.1, 0.15) is 13.8 Å². The molecule has 0 atom stereocenters. The van der Waals surface area contributed by atoms with Crippen molar-refractivity contribution in [1.29, 1.82) is 0 Å². The van der Waals surface area contributed by atoms with Crippen LogP contribution in [0.5, 0.6) is 0 Å². The molecule has 11 heavy (non-hydrogen) atoms. The summed E-state index contributed by atoms with van der Waals surface area (Å²) in [4.78, 5) is 0. The zero-order valence-corrected chi connectivity index (χ0v) is 8.35. The molecule has 4 nitrogen and oxygen atoms in total. The molecule has 0 heterocycles. The van der Waals surface area contributed by atoms with Gasteiger partial charge in [-0.1, -0.05) is 10.3 Å². The van der Waals surface area contributed by atoms with Crippen LogP contribution in [0.3, 0.4) is 0 Å². The van der Waals surface area contributed by atoms with E-state index < -0.39 is 0 Å². The van der Waals surface area contributed by atoms with Gasteiger partial charge in [-0.2, -0.15) is 0 Å². The van der Waals surface area contributed by atoms with E-state index in [0.717, 1.165) is 0 Å². The first-order valence-corrected chi connectivity index (χ1v) is 2.99. The maximum absolute atomic E-state index is 4.82. The molecule has 0 rings (SSSR count). The summed E-state index contributed by atoms with van der Waals surface area (Å²) >= 11 is 9.65. The molecule has 0 aromatic heterocycles. The summed E-state index contributed by atoms with van der Waals surface area (Å²) < 4.78 is 7.90. The fourth-order valence-corrected chi connectivity index (χ4v) is 0.443. The van der Waals surface area contributed by atoms with Crippen molar-refractivity contribution >= 4 is 35.2 Å². The number of nitrogens with zero attached hydrogens (tertiary/aromatic N) is 2. The quantitative estimate of drug-likeness (QED) is 0.563. The third-order valence-corrected chi connectivity index (χ3v) is 1.00. The first-order chi connectivity index (χ1) is 4.72. The molecule has 0 aromatic carbocycles. The van der Waals surface area contributed by atoms with Gasteiger partial charge in [-0.05, 0) is 13.8 Å². The molecule has 0 spiro atoms. The molecular weight excluding hydrogens is 238 g/mol. The smallest absolute Gasteiger partial charge is 0.277 e. The predicted molar refractivity (Wildman–Crippen MR) is 40.1 cm³/mol. The minimum atomic E-state index is 0. The Morgan fingerprint density at radius 3 is 1.45 bits per heavy atom. The number of rotatable bonds is 3. The minimum Gasteiger partial charge on any atom is -0.277 e. The molecule has 0 aliphatic carbocycles. The fraction of sp³-hybridized carbons (Fsp3) is 0.500. The van der Waals surface area contributed by atoms with Crippen molar-refractivity contribution < 1.29 is 25.6 Å². The third kappa shape index (κ3) is 6.43. The normalized spacial score (nSPS) is 12.0. The molecule has 0 aliphatic rings. The van der Waals surface area contributed by atoms with Gasteiger partial charge < -0.3 is 0 Å². The average Bonchev–Trinajstić information content (AvgIpc) is 1.89. The molecule has 7 heteroatoms. The molecule has 0 radical (unpaired) electrons. The first-order valence-electron chi connectivity index (χ1n) is 2.37. The second-order valence-corrected chi connectivity index (χ2v) is 1.77. The monoisotopic (exact) mass is 243 g/mol. The van der Waals surface area contributed by atoms with E-state index in [1.807, 2.05) is 0 Å². The van der Waals surface area contributed by atoms with E-state index in [-0.39, 0.29) is 16.8 Å². The van der Waals surface area contributed by atoms with Crippen molar-refractivity contribution in [1.82, 2.24) is 0 Å². The van der Waals surface area contributed by atoms with Gasteiger partial charge in [0.05, 0.1) is 0 Å². The van der Waals surface area contributed by atoms with Crippen molar-refractivity contribution in [3.8, 4) is 0 Å².